The van der Waals surface area contributed by atoms with Crippen LogP contribution in [0.3, 0.4) is 0 Å². The molecular weight excluding hydrogens is 457 g/mol. The van der Waals surface area contributed by atoms with Gasteiger partial charge in [0.15, 0.2) is 0 Å². The molecule has 0 radical (unpaired) electrons. The van der Waals surface area contributed by atoms with E-state index in [0.29, 0.717) is 30.3 Å². The van der Waals surface area contributed by atoms with Crippen molar-refractivity contribution in [2.75, 3.05) is 23.8 Å². The first-order valence-electron chi connectivity index (χ1n) is 11.8. The molecule has 0 bridgehead atoms. The summed E-state index contributed by atoms with van der Waals surface area (Å²) in [4.78, 5) is 7.99. The van der Waals surface area contributed by atoms with Gasteiger partial charge in [-0.3, -0.25) is 0 Å². The van der Waals surface area contributed by atoms with Gasteiger partial charge in [-0.25, -0.2) is 4.98 Å². The predicted molar refractivity (Wildman–Crippen MR) is 132 cm³/mol. The third kappa shape index (κ3) is 8.05. The van der Waals surface area contributed by atoms with E-state index in [2.05, 4.69) is 27.5 Å². The molecule has 35 heavy (non-hydrogen) atoms. The van der Waals surface area contributed by atoms with Crippen molar-refractivity contribution in [1.29, 1.82) is 0 Å². The molecule has 1 heterocycles. The maximum atomic E-state index is 13.7. The van der Waals surface area contributed by atoms with E-state index in [9.17, 15) is 13.2 Å². The minimum Gasteiger partial charge on any atom is -0.494 e. The molecule has 0 unspecified atom stereocenters. The number of benzene rings is 2. The molecule has 0 amide bonds. The minimum absolute atomic E-state index is 0.0292. The summed E-state index contributed by atoms with van der Waals surface area (Å²) < 4.78 is 52.4. The summed E-state index contributed by atoms with van der Waals surface area (Å²) in [6, 6.07) is 14.0. The van der Waals surface area contributed by atoms with Crippen LogP contribution in [0.25, 0.3) is 0 Å². The first kappa shape index (κ1) is 26.1. The monoisotopic (exact) mass is 488 g/mol. The van der Waals surface area contributed by atoms with Gasteiger partial charge in [0.25, 0.3) is 0 Å². The van der Waals surface area contributed by atoms with Gasteiger partial charge in [0, 0.05) is 11.9 Å². The molecule has 0 saturated carbocycles. The Balaban J connectivity index is 1.77. The van der Waals surface area contributed by atoms with Crippen LogP contribution in [0, 0.1) is 0 Å². The molecule has 0 aliphatic heterocycles. The van der Waals surface area contributed by atoms with Crippen molar-refractivity contribution in [3.63, 3.8) is 0 Å². The number of unbranched alkanes of at least 4 members (excludes halogenated alkanes) is 3. The fourth-order valence-electron chi connectivity index (χ4n) is 3.20. The molecule has 0 aliphatic rings. The number of ether oxygens (including phenoxy) is 2. The average Bonchev–Trinajstić information content (AvgIpc) is 2.83. The third-order valence-electron chi connectivity index (χ3n) is 5.12. The van der Waals surface area contributed by atoms with Crippen LogP contribution < -0.4 is 20.1 Å². The second kappa shape index (κ2) is 12.8. The van der Waals surface area contributed by atoms with Gasteiger partial charge in [0.2, 0.25) is 5.95 Å². The van der Waals surface area contributed by atoms with Crippen molar-refractivity contribution in [2.45, 2.75) is 52.1 Å². The van der Waals surface area contributed by atoms with E-state index < -0.39 is 11.7 Å². The Bertz CT molecular complexity index is 1060. The molecule has 3 aromatic rings. The first-order chi connectivity index (χ1) is 16.9. The Labute approximate surface area is 203 Å². The maximum absolute atomic E-state index is 13.7. The lowest BCUT2D eigenvalue weighted by molar-refractivity contribution is -0.137. The van der Waals surface area contributed by atoms with Gasteiger partial charge in [0.1, 0.15) is 22.9 Å². The number of aromatic nitrogens is 2. The summed E-state index contributed by atoms with van der Waals surface area (Å²) in [6.07, 6.45) is 1.13. The zero-order valence-electron chi connectivity index (χ0n) is 20.0. The van der Waals surface area contributed by atoms with Crippen molar-refractivity contribution < 1.29 is 22.6 Å². The quantitative estimate of drug-likeness (QED) is 0.240. The van der Waals surface area contributed by atoms with Gasteiger partial charge in [0.05, 0.1) is 18.9 Å². The number of anilines is 4. The number of hydrogen-bond donors (Lipinski definition) is 2. The van der Waals surface area contributed by atoms with Crippen LogP contribution in [0.1, 0.15) is 51.5 Å². The second-order valence-electron chi connectivity index (χ2n) is 7.98. The van der Waals surface area contributed by atoms with Crippen molar-refractivity contribution >= 4 is 23.1 Å². The van der Waals surface area contributed by atoms with Crippen molar-refractivity contribution in [3.8, 4) is 11.5 Å². The molecule has 0 atom stereocenters. The molecule has 0 spiro atoms. The molecule has 1 aromatic heterocycles. The SMILES string of the molecule is CCCCCOc1ccc(Nc2ncc(C(F)(F)F)c(Nc3ccccc3OCCCC)n2)cc1. The third-order valence-corrected chi connectivity index (χ3v) is 5.12. The molecule has 3 rings (SSSR count). The van der Waals surface area contributed by atoms with Crippen molar-refractivity contribution in [2.24, 2.45) is 0 Å². The normalized spacial score (nSPS) is 11.2. The maximum Gasteiger partial charge on any atom is 0.421 e. The molecule has 2 aromatic carbocycles. The Morgan fingerprint density at radius 3 is 2.26 bits per heavy atom. The second-order valence-corrected chi connectivity index (χ2v) is 7.98. The van der Waals surface area contributed by atoms with Crippen LogP contribution in [-0.2, 0) is 6.18 Å². The predicted octanol–water partition coefficient (Wildman–Crippen LogP) is 7.73. The average molecular weight is 489 g/mol. The molecule has 9 heteroatoms. The number of hydrogen-bond acceptors (Lipinski definition) is 6. The number of alkyl halides is 3. The van der Waals surface area contributed by atoms with E-state index in [-0.39, 0.29) is 11.8 Å². The number of halogens is 3. The van der Waals surface area contributed by atoms with Crippen molar-refractivity contribution in [1.82, 2.24) is 9.97 Å². The molecule has 0 aliphatic carbocycles. The Kier molecular flexibility index (Phi) is 9.57. The molecule has 2 N–H and O–H groups in total. The zero-order valence-corrected chi connectivity index (χ0v) is 20.0. The lowest BCUT2D eigenvalue weighted by Gasteiger charge is -2.17. The number of para-hydroxylation sites is 2. The van der Waals surface area contributed by atoms with Crippen LogP contribution in [0.4, 0.5) is 36.3 Å². The zero-order chi connectivity index (χ0) is 25.1. The Morgan fingerprint density at radius 1 is 0.829 bits per heavy atom. The van der Waals surface area contributed by atoms with E-state index in [0.717, 1.165) is 44.1 Å². The highest BCUT2D eigenvalue weighted by molar-refractivity contribution is 5.67. The van der Waals surface area contributed by atoms with Crippen LogP contribution in [0.15, 0.2) is 54.7 Å². The summed E-state index contributed by atoms with van der Waals surface area (Å²) in [5.41, 5.74) is 0.0467. The van der Waals surface area contributed by atoms with Gasteiger partial charge in [-0.05, 0) is 49.2 Å². The standard InChI is InChI=1S/C26H31F3N4O2/c1-3-5-9-17-34-20-14-12-19(13-15-20)31-25-30-18-21(26(27,28)29)24(33-25)32-22-10-7-8-11-23(22)35-16-6-4-2/h7-8,10-15,18H,3-6,9,16-17H2,1-2H3,(H2,30,31,32,33). The summed E-state index contributed by atoms with van der Waals surface area (Å²) in [5.74, 6) is 0.845. The topological polar surface area (TPSA) is 68.3 Å². The lowest BCUT2D eigenvalue weighted by Crippen LogP contribution is -2.13. The van der Waals surface area contributed by atoms with E-state index in [1.165, 1.54) is 0 Å². The lowest BCUT2D eigenvalue weighted by atomic mass is 10.2. The molecule has 6 nitrogen and oxygen atoms in total. The van der Waals surface area contributed by atoms with Crippen molar-refractivity contribution in [3.05, 3.63) is 60.3 Å². The van der Waals surface area contributed by atoms with E-state index >= 15 is 0 Å². The fraction of sp³-hybridized carbons (Fsp3) is 0.385. The molecular formula is C26H31F3N4O2. The van der Waals surface area contributed by atoms with Gasteiger partial charge >= 0.3 is 6.18 Å². The van der Waals surface area contributed by atoms with Gasteiger partial charge in [-0.1, -0.05) is 45.2 Å². The van der Waals surface area contributed by atoms with Gasteiger partial charge in [-0.15, -0.1) is 0 Å². The molecule has 0 saturated heterocycles. The number of rotatable bonds is 13. The van der Waals surface area contributed by atoms with E-state index in [4.69, 9.17) is 9.47 Å². The van der Waals surface area contributed by atoms with E-state index in [1.807, 2.05) is 6.92 Å². The summed E-state index contributed by atoms with van der Waals surface area (Å²) in [6.45, 7) is 5.27. The highest BCUT2D eigenvalue weighted by Crippen LogP contribution is 2.37. The molecule has 188 valence electrons. The fourth-order valence-corrected chi connectivity index (χ4v) is 3.20. The van der Waals surface area contributed by atoms with Gasteiger partial charge in [-0.2, -0.15) is 18.2 Å². The highest BCUT2D eigenvalue weighted by Gasteiger charge is 2.35. The minimum atomic E-state index is -4.63. The smallest absolute Gasteiger partial charge is 0.421 e. The highest BCUT2D eigenvalue weighted by atomic mass is 19.4. The van der Waals surface area contributed by atoms with E-state index in [1.54, 1.807) is 48.5 Å². The summed E-state index contributed by atoms with van der Waals surface area (Å²) in [7, 11) is 0. The Hall–Kier alpha value is -3.49. The molecule has 0 fully saturated rings. The summed E-state index contributed by atoms with van der Waals surface area (Å²) in [5, 5.41) is 5.74. The largest absolute Gasteiger partial charge is 0.494 e. The first-order valence-corrected chi connectivity index (χ1v) is 11.8. The summed E-state index contributed by atoms with van der Waals surface area (Å²) >= 11 is 0. The van der Waals surface area contributed by atoms with Gasteiger partial charge < -0.3 is 20.1 Å². The van der Waals surface area contributed by atoms with Crippen LogP contribution in [0.2, 0.25) is 0 Å². The van der Waals surface area contributed by atoms with Crippen LogP contribution in [-0.4, -0.2) is 23.2 Å². The van der Waals surface area contributed by atoms with Crippen LogP contribution >= 0.6 is 0 Å². The number of nitrogens with zero attached hydrogens (tertiary/aromatic N) is 2. The Morgan fingerprint density at radius 2 is 1.54 bits per heavy atom. The van der Waals surface area contributed by atoms with Crippen LogP contribution in [0.5, 0.6) is 11.5 Å². The number of nitrogens with one attached hydrogen (secondary N) is 2.